The molecule has 0 heterocycles. The Morgan fingerprint density at radius 2 is 1.96 bits per heavy atom. The molecule has 0 aliphatic heterocycles. The molecule has 1 rings (SSSR count). The van der Waals surface area contributed by atoms with Gasteiger partial charge in [-0.2, -0.15) is 0 Å². The van der Waals surface area contributed by atoms with Crippen molar-refractivity contribution in [1.82, 2.24) is 0 Å². The monoisotopic (exact) mass is 386 g/mol. The maximum atomic E-state index is 12.3. The summed E-state index contributed by atoms with van der Waals surface area (Å²) in [5, 5.41) is 10.8. The zero-order chi connectivity index (χ0) is 17.4. The highest BCUT2D eigenvalue weighted by Gasteiger charge is 2.28. The first-order chi connectivity index (χ1) is 10.9. The number of alkyl halides is 1. The number of nitro benzene ring substituents is 1. The number of anilines is 1. The molecule has 1 unspecified atom stereocenters. The number of benzene rings is 1. The number of hydrogen-bond donors (Lipinski definition) is 0. The first-order valence-electron chi connectivity index (χ1n) is 7.21. The van der Waals surface area contributed by atoms with Gasteiger partial charge in [-0.1, -0.05) is 29.3 Å². The zero-order valence-electron chi connectivity index (χ0n) is 13.0. The first kappa shape index (κ1) is 19.1. The second-order valence-corrected chi connectivity index (χ2v) is 5.45. The smallest absolute Gasteiger partial charge is 0.414 e. The van der Waals surface area contributed by atoms with Gasteiger partial charge in [-0.05, 0) is 25.5 Å². The third kappa shape index (κ3) is 5.31. The minimum Gasteiger partial charge on any atom is -0.449 e. The fourth-order valence-electron chi connectivity index (χ4n) is 1.85. The Labute approximate surface area is 142 Å². The van der Waals surface area contributed by atoms with E-state index in [1.165, 1.54) is 29.2 Å². The summed E-state index contributed by atoms with van der Waals surface area (Å²) < 4.78 is 5.18. The third-order valence-electron chi connectivity index (χ3n) is 3.24. The molecule has 0 fully saturated rings. The number of halogens is 1. The van der Waals surface area contributed by atoms with Crippen LogP contribution in [0.15, 0.2) is 24.3 Å². The molecule has 1 aromatic carbocycles. The Morgan fingerprint density at radius 3 is 2.43 bits per heavy atom. The van der Waals surface area contributed by atoms with Crippen LogP contribution < -0.4 is 4.90 Å². The number of nitrogens with zero attached hydrogens (tertiary/aromatic N) is 2. The van der Waals surface area contributed by atoms with Crippen LogP contribution in [-0.4, -0.2) is 34.8 Å². The van der Waals surface area contributed by atoms with Gasteiger partial charge in [0.2, 0.25) is 0 Å². The van der Waals surface area contributed by atoms with Gasteiger partial charge in [-0.15, -0.1) is 0 Å². The fraction of sp³-hybridized carbons (Fsp3) is 0.467. The van der Waals surface area contributed by atoms with Crippen LogP contribution in [0, 0.1) is 10.1 Å². The van der Waals surface area contributed by atoms with Gasteiger partial charge in [-0.3, -0.25) is 19.8 Å². The van der Waals surface area contributed by atoms with Crippen molar-refractivity contribution in [1.29, 1.82) is 0 Å². The fourth-order valence-corrected chi connectivity index (χ4v) is 2.32. The molecular weight excluding hydrogens is 368 g/mol. The number of ether oxygens (including phenoxy) is 1. The average Bonchev–Trinajstić information content (AvgIpc) is 2.54. The Kier molecular flexibility index (Phi) is 7.67. The lowest BCUT2D eigenvalue weighted by atomic mass is 10.1. The number of ketones is 1. The number of non-ortho nitro benzene ring substituents is 1. The second-order valence-electron chi connectivity index (χ2n) is 4.89. The highest BCUT2D eigenvalue weighted by atomic mass is 79.9. The van der Waals surface area contributed by atoms with Crippen molar-refractivity contribution in [2.45, 2.75) is 32.7 Å². The van der Waals surface area contributed by atoms with Crippen LogP contribution in [0.2, 0.25) is 0 Å². The van der Waals surface area contributed by atoms with Crippen LogP contribution in [0.3, 0.4) is 0 Å². The Balaban J connectivity index is 3.04. The summed E-state index contributed by atoms with van der Waals surface area (Å²) in [6.07, 6.45) is 0.954. The molecule has 0 spiro atoms. The summed E-state index contributed by atoms with van der Waals surface area (Å²) in [5.41, 5.74) is 0.284. The van der Waals surface area contributed by atoms with Crippen LogP contribution in [0.4, 0.5) is 16.2 Å². The molecule has 0 aliphatic rings. The van der Waals surface area contributed by atoms with E-state index in [0.717, 1.165) is 12.8 Å². The zero-order valence-corrected chi connectivity index (χ0v) is 14.6. The molecule has 23 heavy (non-hydrogen) atoms. The van der Waals surface area contributed by atoms with Gasteiger partial charge in [0.05, 0.1) is 22.9 Å². The third-order valence-corrected chi connectivity index (χ3v) is 3.80. The van der Waals surface area contributed by atoms with Crippen molar-refractivity contribution in [3.8, 4) is 0 Å². The molecular formula is C15H19BrN2O5. The molecule has 1 aromatic rings. The van der Waals surface area contributed by atoms with E-state index in [2.05, 4.69) is 15.9 Å². The minimum atomic E-state index is -0.745. The lowest BCUT2D eigenvalue weighted by molar-refractivity contribution is -0.384. The number of unbranched alkanes of at least 4 members (excludes halogenated alkanes) is 1. The van der Waals surface area contributed by atoms with Gasteiger partial charge < -0.3 is 4.74 Å². The molecule has 0 radical (unpaired) electrons. The van der Waals surface area contributed by atoms with Gasteiger partial charge >= 0.3 is 6.09 Å². The largest absolute Gasteiger partial charge is 0.449 e. The Hall–Kier alpha value is -1.96. The topological polar surface area (TPSA) is 89.8 Å². The summed E-state index contributed by atoms with van der Waals surface area (Å²) in [6, 6.07) is 4.68. The number of carbonyl (C=O) groups is 2. The molecule has 0 saturated carbocycles. The molecule has 1 atom stereocenters. The molecule has 0 bridgehead atoms. The number of Topliss-reactive ketones (excluding diaryl/α,β-unsaturated/α-hetero) is 1. The quantitative estimate of drug-likeness (QED) is 0.294. The average molecular weight is 387 g/mol. The van der Waals surface area contributed by atoms with Crippen LogP contribution in [0.5, 0.6) is 0 Å². The van der Waals surface area contributed by atoms with Crippen LogP contribution >= 0.6 is 15.9 Å². The molecule has 0 aliphatic carbocycles. The van der Waals surface area contributed by atoms with E-state index < -0.39 is 17.1 Å². The maximum Gasteiger partial charge on any atom is 0.414 e. The lowest BCUT2D eigenvalue weighted by Gasteiger charge is -2.27. The van der Waals surface area contributed by atoms with Gasteiger partial charge in [0.25, 0.3) is 5.69 Å². The molecule has 0 aromatic heterocycles. The number of hydrogen-bond acceptors (Lipinski definition) is 5. The number of carbonyl (C=O) groups excluding carboxylic acids is 2. The molecule has 7 nitrogen and oxygen atoms in total. The Morgan fingerprint density at radius 1 is 1.35 bits per heavy atom. The van der Waals surface area contributed by atoms with E-state index in [4.69, 9.17) is 4.74 Å². The predicted octanol–water partition coefficient (Wildman–Crippen LogP) is 3.69. The van der Waals surface area contributed by atoms with E-state index >= 15 is 0 Å². The van der Waals surface area contributed by atoms with Gasteiger partial charge in [0, 0.05) is 17.8 Å². The predicted molar refractivity (Wildman–Crippen MR) is 90.1 cm³/mol. The van der Waals surface area contributed by atoms with Gasteiger partial charge in [-0.25, -0.2) is 4.79 Å². The minimum absolute atomic E-state index is 0.0903. The van der Waals surface area contributed by atoms with E-state index in [9.17, 15) is 19.7 Å². The number of amides is 1. The van der Waals surface area contributed by atoms with E-state index in [1.54, 1.807) is 6.92 Å². The van der Waals surface area contributed by atoms with Gasteiger partial charge in [0.1, 0.15) is 0 Å². The van der Waals surface area contributed by atoms with Crippen molar-refractivity contribution in [2.75, 3.05) is 16.8 Å². The van der Waals surface area contributed by atoms with Crippen molar-refractivity contribution in [3.63, 3.8) is 0 Å². The summed E-state index contributed by atoms with van der Waals surface area (Å²) >= 11 is 3.08. The number of rotatable bonds is 8. The molecule has 8 heteroatoms. The maximum absolute atomic E-state index is 12.3. The van der Waals surface area contributed by atoms with E-state index in [0.29, 0.717) is 5.69 Å². The van der Waals surface area contributed by atoms with Crippen molar-refractivity contribution in [2.24, 2.45) is 0 Å². The van der Waals surface area contributed by atoms with E-state index in [1.807, 2.05) is 6.92 Å². The lowest BCUT2D eigenvalue weighted by Crippen LogP contribution is -2.44. The van der Waals surface area contributed by atoms with Crippen molar-refractivity contribution >= 4 is 39.2 Å². The Bertz CT molecular complexity index is 561. The van der Waals surface area contributed by atoms with E-state index in [-0.39, 0.29) is 23.4 Å². The SMILES string of the molecule is CCCCOC(=O)N(c1ccc([N+](=O)[O-])cc1)C(C)C(=O)CBr. The molecule has 126 valence electrons. The number of nitro groups is 1. The summed E-state index contributed by atoms with van der Waals surface area (Å²) in [6.45, 7) is 3.82. The summed E-state index contributed by atoms with van der Waals surface area (Å²) in [4.78, 5) is 35.6. The first-order valence-corrected chi connectivity index (χ1v) is 8.33. The molecule has 0 saturated heterocycles. The van der Waals surface area contributed by atoms with Crippen LogP contribution in [0.1, 0.15) is 26.7 Å². The standard InChI is InChI=1S/C15H19BrN2O5/c1-3-4-9-23-15(20)17(11(2)14(19)10-16)12-5-7-13(8-6-12)18(21)22/h5-8,11H,3-4,9-10H2,1-2H3. The van der Waals surface area contributed by atoms with Crippen LogP contribution in [-0.2, 0) is 9.53 Å². The van der Waals surface area contributed by atoms with Crippen LogP contribution in [0.25, 0.3) is 0 Å². The second kappa shape index (κ2) is 9.24. The summed E-state index contributed by atoms with van der Waals surface area (Å²) in [7, 11) is 0. The normalized spacial score (nSPS) is 11.6. The molecule has 0 N–H and O–H groups in total. The highest BCUT2D eigenvalue weighted by Crippen LogP contribution is 2.23. The highest BCUT2D eigenvalue weighted by molar-refractivity contribution is 9.09. The molecule has 1 amide bonds. The van der Waals surface area contributed by atoms with Crippen molar-refractivity contribution in [3.05, 3.63) is 34.4 Å². The van der Waals surface area contributed by atoms with Gasteiger partial charge in [0.15, 0.2) is 5.78 Å². The van der Waals surface area contributed by atoms with Crippen molar-refractivity contribution < 1.29 is 19.2 Å². The summed E-state index contributed by atoms with van der Waals surface area (Å²) in [5.74, 6) is -0.198.